The molecule has 0 aliphatic carbocycles. The van der Waals surface area contributed by atoms with Crippen molar-refractivity contribution >= 4 is 22.5 Å². The van der Waals surface area contributed by atoms with Gasteiger partial charge in [-0.25, -0.2) is 9.18 Å². The van der Waals surface area contributed by atoms with Crippen LogP contribution in [0.3, 0.4) is 0 Å². The highest BCUT2D eigenvalue weighted by molar-refractivity contribution is 7.15. The molecule has 1 aromatic heterocycles. The fraction of sp³-hybridized carbons (Fsp3) is 0.357. The molecule has 0 aliphatic heterocycles. The van der Waals surface area contributed by atoms with Crippen LogP contribution in [0.4, 0.5) is 14.3 Å². The summed E-state index contributed by atoms with van der Waals surface area (Å²) in [5.41, 5.74) is -0.792. The van der Waals surface area contributed by atoms with Crippen LogP contribution in [0.15, 0.2) is 24.3 Å². The largest absolute Gasteiger partial charge is 0.384 e. The summed E-state index contributed by atoms with van der Waals surface area (Å²) in [6, 6.07) is 5.00. The van der Waals surface area contributed by atoms with Crippen LogP contribution in [0, 0.1) is 5.82 Å². The minimum Gasteiger partial charge on any atom is -0.384 e. The van der Waals surface area contributed by atoms with Crippen LogP contribution in [-0.4, -0.2) is 27.9 Å². The topological polar surface area (TPSA) is 87.1 Å². The van der Waals surface area contributed by atoms with Gasteiger partial charge in [-0.1, -0.05) is 30.4 Å². The normalized spacial score (nSPS) is 13.5. The van der Waals surface area contributed by atoms with Crippen LogP contribution < -0.4 is 10.6 Å². The molecule has 0 bridgehead atoms. The smallest absolute Gasteiger partial charge is 0.321 e. The van der Waals surface area contributed by atoms with Crippen LogP contribution in [0.25, 0.3) is 0 Å². The molecule has 0 saturated heterocycles. The van der Waals surface area contributed by atoms with E-state index in [0.717, 1.165) is 11.4 Å². The van der Waals surface area contributed by atoms with Crippen molar-refractivity contribution in [2.24, 2.45) is 0 Å². The van der Waals surface area contributed by atoms with Crippen molar-refractivity contribution in [1.29, 1.82) is 0 Å². The number of nitrogens with zero attached hydrogens (tertiary/aromatic N) is 2. The Balaban J connectivity index is 1.90. The Hall–Kier alpha value is -2.06. The highest BCUT2D eigenvalue weighted by atomic mass is 32.1. The third-order valence-corrected chi connectivity index (χ3v) is 4.03. The van der Waals surface area contributed by atoms with Crippen LogP contribution in [-0.2, 0) is 12.0 Å². The molecule has 0 saturated carbocycles. The summed E-state index contributed by atoms with van der Waals surface area (Å²) in [7, 11) is 0. The molecule has 22 heavy (non-hydrogen) atoms. The number of carbonyl (C=O) groups is 1. The summed E-state index contributed by atoms with van der Waals surface area (Å²) in [6.45, 7) is 3.47. The Morgan fingerprint density at radius 2 is 2.05 bits per heavy atom. The third kappa shape index (κ3) is 4.22. The Labute approximate surface area is 131 Å². The van der Waals surface area contributed by atoms with Gasteiger partial charge in [0.1, 0.15) is 16.4 Å². The molecule has 0 radical (unpaired) electrons. The molecule has 8 heteroatoms. The molecule has 6 nitrogen and oxygen atoms in total. The SMILES string of the molecule is CCc1nnc(NC(=O)NCC(C)(O)c2ccc(F)cc2)s1. The lowest BCUT2D eigenvalue weighted by Gasteiger charge is -2.24. The van der Waals surface area contributed by atoms with Gasteiger partial charge >= 0.3 is 6.03 Å². The number of aromatic nitrogens is 2. The van der Waals surface area contributed by atoms with Crippen molar-refractivity contribution in [3.05, 3.63) is 40.7 Å². The fourth-order valence-corrected chi connectivity index (χ4v) is 2.43. The number of halogens is 1. The van der Waals surface area contributed by atoms with Gasteiger partial charge < -0.3 is 10.4 Å². The maximum absolute atomic E-state index is 12.9. The first-order valence-corrected chi connectivity index (χ1v) is 7.58. The highest BCUT2D eigenvalue weighted by Gasteiger charge is 2.24. The Morgan fingerprint density at radius 3 is 2.64 bits per heavy atom. The Morgan fingerprint density at radius 1 is 1.36 bits per heavy atom. The zero-order valence-corrected chi connectivity index (χ0v) is 13.1. The predicted octanol–water partition coefficient (Wildman–Crippen LogP) is 2.27. The molecule has 2 aromatic rings. The van der Waals surface area contributed by atoms with Crippen molar-refractivity contribution in [3.8, 4) is 0 Å². The molecule has 2 rings (SSSR count). The first-order chi connectivity index (χ1) is 10.4. The first-order valence-electron chi connectivity index (χ1n) is 6.76. The number of hydrogen-bond donors (Lipinski definition) is 3. The minimum absolute atomic E-state index is 0.0239. The van der Waals surface area contributed by atoms with E-state index in [1.54, 1.807) is 6.92 Å². The van der Waals surface area contributed by atoms with Gasteiger partial charge in [-0.05, 0) is 31.0 Å². The van der Waals surface area contributed by atoms with Gasteiger partial charge in [-0.3, -0.25) is 5.32 Å². The summed E-state index contributed by atoms with van der Waals surface area (Å²) < 4.78 is 12.9. The molecule has 0 spiro atoms. The van der Waals surface area contributed by atoms with Crippen molar-refractivity contribution in [2.75, 3.05) is 11.9 Å². The number of aryl methyl sites for hydroxylation is 1. The van der Waals surface area contributed by atoms with Crippen molar-refractivity contribution in [1.82, 2.24) is 15.5 Å². The van der Waals surface area contributed by atoms with Crippen molar-refractivity contribution < 1.29 is 14.3 Å². The van der Waals surface area contributed by atoms with Gasteiger partial charge in [0.2, 0.25) is 5.13 Å². The fourth-order valence-electron chi connectivity index (χ4n) is 1.75. The molecule has 1 unspecified atom stereocenters. The summed E-state index contributed by atoms with van der Waals surface area (Å²) in [4.78, 5) is 11.8. The Kier molecular flexibility index (Phi) is 5.04. The van der Waals surface area contributed by atoms with E-state index in [9.17, 15) is 14.3 Å². The second-order valence-corrected chi connectivity index (χ2v) is 6.01. The van der Waals surface area contributed by atoms with E-state index in [4.69, 9.17) is 0 Å². The number of hydrogen-bond acceptors (Lipinski definition) is 5. The summed E-state index contributed by atoms with van der Waals surface area (Å²) in [6.07, 6.45) is 0.750. The molecule has 0 aliphatic rings. The minimum atomic E-state index is -1.30. The van der Waals surface area contributed by atoms with E-state index in [2.05, 4.69) is 20.8 Å². The number of anilines is 1. The summed E-state index contributed by atoms with van der Waals surface area (Å²) in [5, 5.41) is 24.4. The van der Waals surface area contributed by atoms with E-state index in [0.29, 0.717) is 10.7 Å². The predicted molar refractivity (Wildman–Crippen MR) is 82.3 cm³/mol. The maximum atomic E-state index is 12.9. The number of aliphatic hydroxyl groups is 1. The standard InChI is InChI=1S/C14H17FN4O2S/c1-3-11-18-19-13(22-11)17-12(20)16-8-14(2,21)9-4-6-10(15)7-5-9/h4-7,21H,3,8H2,1-2H3,(H2,16,17,19,20). The lowest BCUT2D eigenvalue weighted by molar-refractivity contribution is 0.0599. The molecule has 1 heterocycles. The molecule has 1 aromatic carbocycles. The molecular weight excluding hydrogens is 307 g/mol. The van der Waals surface area contributed by atoms with E-state index in [-0.39, 0.29) is 12.4 Å². The van der Waals surface area contributed by atoms with Crippen LogP contribution >= 0.6 is 11.3 Å². The number of nitrogens with one attached hydrogen (secondary N) is 2. The number of rotatable bonds is 5. The van der Waals surface area contributed by atoms with Crippen molar-refractivity contribution in [3.63, 3.8) is 0 Å². The van der Waals surface area contributed by atoms with E-state index in [1.807, 2.05) is 6.92 Å². The van der Waals surface area contributed by atoms with Gasteiger partial charge in [-0.2, -0.15) is 0 Å². The molecule has 118 valence electrons. The molecule has 2 amide bonds. The second kappa shape index (κ2) is 6.80. The van der Waals surface area contributed by atoms with Gasteiger partial charge in [0.15, 0.2) is 0 Å². The summed E-state index contributed by atoms with van der Waals surface area (Å²) in [5.74, 6) is -0.381. The van der Waals surface area contributed by atoms with Crippen LogP contribution in [0.1, 0.15) is 24.4 Å². The monoisotopic (exact) mass is 324 g/mol. The van der Waals surface area contributed by atoms with E-state index >= 15 is 0 Å². The van der Waals surface area contributed by atoms with Gasteiger partial charge in [0.05, 0.1) is 6.54 Å². The zero-order valence-electron chi connectivity index (χ0n) is 12.3. The first kappa shape index (κ1) is 16.3. The number of urea groups is 1. The zero-order chi connectivity index (χ0) is 16.2. The molecule has 3 N–H and O–H groups in total. The van der Waals surface area contributed by atoms with Crippen LogP contribution in [0.2, 0.25) is 0 Å². The number of amides is 2. The Bertz CT molecular complexity index is 643. The molecule has 1 atom stereocenters. The van der Waals surface area contributed by atoms with Crippen LogP contribution in [0.5, 0.6) is 0 Å². The number of carbonyl (C=O) groups excluding carboxylic acids is 1. The lowest BCUT2D eigenvalue weighted by atomic mass is 9.96. The van der Waals surface area contributed by atoms with E-state index < -0.39 is 11.6 Å². The van der Waals surface area contributed by atoms with Gasteiger partial charge in [0, 0.05) is 0 Å². The lowest BCUT2D eigenvalue weighted by Crippen LogP contribution is -2.40. The van der Waals surface area contributed by atoms with E-state index in [1.165, 1.54) is 35.6 Å². The third-order valence-electron chi connectivity index (χ3n) is 3.05. The maximum Gasteiger partial charge on any atom is 0.321 e. The molecular formula is C14H17FN4O2S. The van der Waals surface area contributed by atoms with Gasteiger partial charge in [0.25, 0.3) is 0 Å². The number of benzene rings is 1. The van der Waals surface area contributed by atoms with Gasteiger partial charge in [-0.15, -0.1) is 10.2 Å². The quantitative estimate of drug-likeness (QED) is 0.787. The average molecular weight is 324 g/mol. The summed E-state index contributed by atoms with van der Waals surface area (Å²) >= 11 is 1.29. The molecule has 0 fully saturated rings. The average Bonchev–Trinajstić information content (AvgIpc) is 2.93. The second-order valence-electron chi connectivity index (χ2n) is 4.94. The van der Waals surface area contributed by atoms with Crippen molar-refractivity contribution in [2.45, 2.75) is 25.9 Å². The highest BCUT2D eigenvalue weighted by Crippen LogP contribution is 2.20.